The number of H-pyrrole nitrogens is 1. The Morgan fingerprint density at radius 3 is 2.73 bits per heavy atom. The first-order chi connectivity index (χ1) is 7.00. The van der Waals surface area contributed by atoms with Crippen LogP contribution in [0.15, 0.2) is 26.2 Å². The first kappa shape index (κ1) is 10.1. The molecule has 0 bridgehead atoms. The third-order valence-corrected chi connectivity index (χ3v) is 2.59. The summed E-state index contributed by atoms with van der Waals surface area (Å²) >= 11 is 3.11. The Morgan fingerprint density at radius 1 is 1.40 bits per heavy atom. The van der Waals surface area contributed by atoms with Gasteiger partial charge < -0.3 is 9.55 Å². The second-order valence-corrected chi connectivity index (χ2v) is 4.02. The molecule has 4 nitrogen and oxygen atoms in total. The summed E-state index contributed by atoms with van der Waals surface area (Å²) in [5.41, 5.74) is -1.16. The average molecular weight is 273 g/mol. The zero-order chi connectivity index (χ0) is 11.2. The summed E-state index contributed by atoms with van der Waals surface area (Å²) in [6, 6.07) is 2.79. The minimum absolute atomic E-state index is 0.0327. The number of fused-ring (bicyclic) bond motifs is 1. The van der Waals surface area contributed by atoms with Gasteiger partial charge in [0.2, 0.25) is 0 Å². The molecule has 1 heterocycles. The van der Waals surface area contributed by atoms with Crippen LogP contribution >= 0.6 is 15.9 Å². The van der Waals surface area contributed by atoms with E-state index in [1.807, 2.05) is 0 Å². The van der Waals surface area contributed by atoms with Crippen LogP contribution in [0.2, 0.25) is 0 Å². The number of nitrogens with zero attached hydrogens (tertiary/aromatic N) is 1. The summed E-state index contributed by atoms with van der Waals surface area (Å²) in [6.07, 6.45) is 0. The van der Waals surface area contributed by atoms with Crippen molar-refractivity contribution in [2.75, 3.05) is 0 Å². The fourth-order valence-corrected chi connectivity index (χ4v) is 1.79. The lowest BCUT2D eigenvalue weighted by atomic mass is 10.3. The number of nitrogens with one attached hydrogen (secondary N) is 1. The van der Waals surface area contributed by atoms with Crippen molar-refractivity contribution in [2.45, 2.75) is 0 Å². The van der Waals surface area contributed by atoms with Crippen LogP contribution in [-0.2, 0) is 7.05 Å². The zero-order valence-corrected chi connectivity index (χ0v) is 9.26. The Hall–Kier alpha value is -1.43. The van der Waals surface area contributed by atoms with Gasteiger partial charge in [-0.2, -0.15) is 0 Å². The second-order valence-electron chi connectivity index (χ2n) is 3.10. The second kappa shape index (κ2) is 3.30. The van der Waals surface area contributed by atoms with Gasteiger partial charge in [-0.3, -0.25) is 9.59 Å². The Labute approximate surface area is 91.5 Å². The van der Waals surface area contributed by atoms with Crippen LogP contribution in [0.4, 0.5) is 4.39 Å². The standard InChI is InChI=1S/C9H6BrFN2O2/c1-13-6-3-4(10)2-5(11)7(6)12-8(14)9(13)15/h2-3H,1H3,(H,12,14). The third-order valence-electron chi connectivity index (χ3n) is 2.13. The topological polar surface area (TPSA) is 54.9 Å². The van der Waals surface area contributed by atoms with E-state index in [1.54, 1.807) is 6.07 Å². The molecule has 0 radical (unpaired) electrons. The van der Waals surface area contributed by atoms with E-state index in [-0.39, 0.29) is 5.52 Å². The van der Waals surface area contributed by atoms with Crippen LogP contribution in [0.1, 0.15) is 0 Å². The predicted molar refractivity (Wildman–Crippen MR) is 57.5 cm³/mol. The molecule has 0 fully saturated rings. The van der Waals surface area contributed by atoms with Gasteiger partial charge in [-0.05, 0) is 12.1 Å². The molecule has 0 unspecified atom stereocenters. The SMILES string of the molecule is Cn1c(=O)c(=O)[nH]c2c(F)cc(Br)cc21. The molecule has 1 aromatic heterocycles. The highest BCUT2D eigenvalue weighted by Crippen LogP contribution is 2.19. The normalized spacial score (nSPS) is 10.9. The minimum Gasteiger partial charge on any atom is -0.313 e. The fraction of sp³-hybridized carbons (Fsp3) is 0.111. The van der Waals surface area contributed by atoms with Gasteiger partial charge in [-0.25, -0.2) is 4.39 Å². The molecular weight excluding hydrogens is 267 g/mol. The average Bonchev–Trinajstić information content (AvgIpc) is 2.17. The Balaban J connectivity index is 3.12. The lowest BCUT2D eigenvalue weighted by molar-refractivity contribution is 0.633. The minimum atomic E-state index is -0.828. The number of hydrogen-bond acceptors (Lipinski definition) is 2. The van der Waals surface area contributed by atoms with Gasteiger partial charge in [0.1, 0.15) is 11.3 Å². The molecule has 0 aliphatic heterocycles. The number of rotatable bonds is 0. The van der Waals surface area contributed by atoms with Gasteiger partial charge in [0.25, 0.3) is 0 Å². The summed E-state index contributed by atoms with van der Waals surface area (Å²) in [7, 11) is 1.42. The Morgan fingerprint density at radius 2 is 2.07 bits per heavy atom. The summed E-state index contributed by atoms with van der Waals surface area (Å²) in [5.74, 6) is -0.577. The molecule has 78 valence electrons. The molecule has 1 aromatic carbocycles. The monoisotopic (exact) mass is 272 g/mol. The highest BCUT2D eigenvalue weighted by atomic mass is 79.9. The molecule has 0 aliphatic rings. The molecule has 6 heteroatoms. The van der Waals surface area contributed by atoms with E-state index in [4.69, 9.17) is 0 Å². The van der Waals surface area contributed by atoms with E-state index in [2.05, 4.69) is 20.9 Å². The highest BCUT2D eigenvalue weighted by Gasteiger charge is 2.09. The van der Waals surface area contributed by atoms with E-state index in [1.165, 1.54) is 13.1 Å². The number of aryl methyl sites for hydroxylation is 1. The van der Waals surface area contributed by atoms with Crippen LogP contribution in [-0.4, -0.2) is 9.55 Å². The van der Waals surface area contributed by atoms with Crippen LogP contribution in [0.5, 0.6) is 0 Å². The van der Waals surface area contributed by atoms with Crippen molar-refractivity contribution in [3.63, 3.8) is 0 Å². The van der Waals surface area contributed by atoms with E-state index in [9.17, 15) is 14.0 Å². The summed E-state index contributed by atoms with van der Waals surface area (Å²) in [6.45, 7) is 0. The van der Waals surface area contributed by atoms with Crippen molar-refractivity contribution < 1.29 is 4.39 Å². The van der Waals surface area contributed by atoms with Gasteiger partial charge in [0.15, 0.2) is 0 Å². The third kappa shape index (κ3) is 1.50. The smallest absolute Gasteiger partial charge is 0.313 e. The lowest BCUT2D eigenvalue weighted by Crippen LogP contribution is -2.35. The molecule has 2 aromatic rings. The number of hydrogen-bond donors (Lipinski definition) is 1. The summed E-state index contributed by atoms with van der Waals surface area (Å²) in [5, 5.41) is 0. The molecule has 15 heavy (non-hydrogen) atoms. The number of halogens is 2. The van der Waals surface area contributed by atoms with Crippen molar-refractivity contribution in [2.24, 2.45) is 7.05 Å². The van der Waals surface area contributed by atoms with E-state index in [0.717, 1.165) is 4.57 Å². The molecular formula is C9H6BrFN2O2. The van der Waals surface area contributed by atoms with Gasteiger partial charge in [-0.1, -0.05) is 15.9 Å². The number of benzene rings is 1. The zero-order valence-electron chi connectivity index (χ0n) is 7.67. The van der Waals surface area contributed by atoms with Gasteiger partial charge in [-0.15, -0.1) is 0 Å². The molecule has 0 spiro atoms. The van der Waals surface area contributed by atoms with Crippen molar-refractivity contribution in [1.82, 2.24) is 9.55 Å². The van der Waals surface area contributed by atoms with Crippen molar-refractivity contribution >= 4 is 27.0 Å². The molecule has 0 atom stereocenters. The largest absolute Gasteiger partial charge is 0.316 e. The molecule has 0 amide bonds. The molecule has 2 rings (SSSR count). The molecule has 0 aliphatic carbocycles. The quantitative estimate of drug-likeness (QED) is 0.731. The maximum Gasteiger partial charge on any atom is 0.316 e. The fourth-order valence-electron chi connectivity index (χ4n) is 1.38. The van der Waals surface area contributed by atoms with E-state index in [0.29, 0.717) is 9.99 Å². The lowest BCUT2D eigenvalue weighted by Gasteiger charge is -2.04. The van der Waals surface area contributed by atoms with Gasteiger partial charge in [0, 0.05) is 11.5 Å². The summed E-state index contributed by atoms with van der Waals surface area (Å²) < 4.78 is 15.0. The number of aromatic nitrogens is 2. The molecule has 0 saturated heterocycles. The van der Waals surface area contributed by atoms with Crippen LogP contribution in [0.3, 0.4) is 0 Å². The summed E-state index contributed by atoms with van der Waals surface area (Å²) in [4.78, 5) is 24.6. The van der Waals surface area contributed by atoms with Crippen LogP contribution < -0.4 is 11.1 Å². The highest BCUT2D eigenvalue weighted by molar-refractivity contribution is 9.10. The van der Waals surface area contributed by atoms with Crippen molar-refractivity contribution in [3.05, 3.63) is 43.1 Å². The number of aromatic amines is 1. The van der Waals surface area contributed by atoms with Crippen molar-refractivity contribution in [1.29, 1.82) is 0 Å². The van der Waals surface area contributed by atoms with Crippen LogP contribution in [0, 0.1) is 5.82 Å². The van der Waals surface area contributed by atoms with Crippen LogP contribution in [0.25, 0.3) is 11.0 Å². The van der Waals surface area contributed by atoms with Gasteiger partial charge in [0.05, 0.1) is 5.52 Å². The first-order valence-electron chi connectivity index (χ1n) is 4.09. The Bertz CT molecular complexity index is 659. The molecule has 1 N–H and O–H groups in total. The maximum absolute atomic E-state index is 13.4. The maximum atomic E-state index is 13.4. The van der Waals surface area contributed by atoms with E-state index >= 15 is 0 Å². The van der Waals surface area contributed by atoms with E-state index < -0.39 is 16.9 Å². The molecule has 0 saturated carbocycles. The predicted octanol–water partition coefficient (Wildman–Crippen LogP) is 1.13. The van der Waals surface area contributed by atoms with Crippen molar-refractivity contribution in [3.8, 4) is 0 Å². The van der Waals surface area contributed by atoms with Gasteiger partial charge >= 0.3 is 11.1 Å². The Kier molecular flexibility index (Phi) is 2.22. The first-order valence-corrected chi connectivity index (χ1v) is 4.88.